The molecule has 0 aliphatic carbocycles. The molecule has 0 aromatic heterocycles. The highest BCUT2D eigenvalue weighted by molar-refractivity contribution is 6.30. The Morgan fingerprint density at radius 3 is 1.97 bits per heavy atom. The van der Waals surface area contributed by atoms with E-state index in [4.69, 9.17) is 21.1 Å². The Kier molecular flexibility index (Phi) is 8.44. The second kappa shape index (κ2) is 12.1. The monoisotopic (exact) mass is 514 g/mol. The van der Waals surface area contributed by atoms with E-state index in [1.807, 2.05) is 91.0 Å². The van der Waals surface area contributed by atoms with Crippen molar-refractivity contribution in [2.75, 3.05) is 12.4 Å². The second-order valence-corrected chi connectivity index (χ2v) is 8.78. The van der Waals surface area contributed by atoms with Crippen LogP contribution in [0, 0.1) is 0 Å². The number of alkyl carbamates (subject to hydrolysis) is 1. The van der Waals surface area contributed by atoms with E-state index in [0.29, 0.717) is 10.6 Å². The minimum atomic E-state index is -1.72. The molecule has 0 bridgehead atoms. The Morgan fingerprint density at radius 1 is 0.811 bits per heavy atom. The van der Waals surface area contributed by atoms with Crippen LogP contribution in [0.15, 0.2) is 115 Å². The molecule has 6 nitrogen and oxygen atoms in total. The number of esters is 1. The summed E-state index contributed by atoms with van der Waals surface area (Å²) in [6.07, 6.45) is -0.778. The third kappa shape index (κ3) is 6.11. The van der Waals surface area contributed by atoms with Crippen LogP contribution in [0.25, 0.3) is 0 Å². The Morgan fingerprint density at radius 2 is 1.38 bits per heavy atom. The Labute approximate surface area is 221 Å². The van der Waals surface area contributed by atoms with Gasteiger partial charge in [-0.1, -0.05) is 103 Å². The number of ether oxygens (including phenoxy) is 2. The molecule has 4 aromatic carbocycles. The SMILES string of the molecule is COC(=O)C(NC(=O)OCc1ccccc1)(c1ccc(Cl)cc1)C(Nc1ccccc1)c1ccccc1. The number of para-hydroxylation sites is 1. The summed E-state index contributed by atoms with van der Waals surface area (Å²) < 4.78 is 10.9. The van der Waals surface area contributed by atoms with Crippen LogP contribution >= 0.6 is 11.6 Å². The predicted molar refractivity (Wildman–Crippen MR) is 144 cm³/mol. The van der Waals surface area contributed by atoms with Crippen LogP contribution in [0.4, 0.5) is 10.5 Å². The summed E-state index contributed by atoms with van der Waals surface area (Å²) in [4.78, 5) is 27.1. The zero-order chi connectivity index (χ0) is 26.1. The van der Waals surface area contributed by atoms with Crippen LogP contribution in [0.3, 0.4) is 0 Å². The van der Waals surface area contributed by atoms with Crippen molar-refractivity contribution in [3.05, 3.63) is 137 Å². The summed E-state index contributed by atoms with van der Waals surface area (Å²) in [5.74, 6) is -0.677. The summed E-state index contributed by atoms with van der Waals surface area (Å²) >= 11 is 6.18. The number of hydrogen-bond donors (Lipinski definition) is 2. The largest absolute Gasteiger partial charge is 0.467 e. The van der Waals surface area contributed by atoms with Gasteiger partial charge in [0.1, 0.15) is 6.61 Å². The van der Waals surface area contributed by atoms with Crippen LogP contribution in [-0.4, -0.2) is 19.2 Å². The Balaban J connectivity index is 1.82. The first-order valence-electron chi connectivity index (χ1n) is 11.7. The van der Waals surface area contributed by atoms with Gasteiger partial charge >= 0.3 is 12.1 Å². The number of anilines is 1. The fourth-order valence-corrected chi connectivity index (χ4v) is 4.31. The first kappa shape index (κ1) is 25.8. The summed E-state index contributed by atoms with van der Waals surface area (Å²) in [6.45, 7) is 0.0344. The highest BCUT2D eigenvalue weighted by Gasteiger charge is 2.51. The van der Waals surface area contributed by atoms with E-state index in [0.717, 1.165) is 16.8 Å². The number of methoxy groups -OCH3 is 1. The second-order valence-electron chi connectivity index (χ2n) is 8.35. The molecule has 0 radical (unpaired) electrons. The van der Waals surface area contributed by atoms with Gasteiger partial charge in [0.2, 0.25) is 0 Å². The van der Waals surface area contributed by atoms with E-state index < -0.39 is 23.6 Å². The van der Waals surface area contributed by atoms with Crippen molar-refractivity contribution in [2.45, 2.75) is 18.2 Å². The van der Waals surface area contributed by atoms with Gasteiger partial charge in [0, 0.05) is 10.7 Å². The van der Waals surface area contributed by atoms with Crippen molar-refractivity contribution < 1.29 is 19.1 Å². The minimum Gasteiger partial charge on any atom is -0.467 e. The van der Waals surface area contributed by atoms with Gasteiger partial charge in [-0.25, -0.2) is 9.59 Å². The van der Waals surface area contributed by atoms with E-state index >= 15 is 0 Å². The van der Waals surface area contributed by atoms with E-state index in [9.17, 15) is 9.59 Å². The molecular formula is C30H27ClN2O4. The molecule has 0 fully saturated rings. The minimum absolute atomic E-state index is 0.0344. The third-order valence-electron chi connectivity index (χ3n) is 5.97. The van der Waals surface area contributed by atoms with Crippen molar-refractivity contribution in [1.82, 2.24) is 5.32 Å². The van der Waals surface area contributed by atoms with Crippen LogP contribution in [0.2, 0.25) is 5.02 Å². The van der Waals surface area contributed by atoms with E-state index in [-0.39, 0.29) is 6.61 Å². The number of amides is 1. The van der Waals surface area contributed by atoms with Gasteiger partial charge < -0.3 is 14.8 Å². The van der Waals surface area contributed by atoms with E-state index in [1.165, 1.54) is 7.11 Å². The van der Waals surface area contributed by atoms with Crippen LogP contribution in [0.5, 0.6) is 0 Å². The normalized spacial score (nSPS) is 13.0. The van der Waals surface area contributed by atoms with Gasteiger partial charge in [0.05, 0.1) is 13.2 Å². The van der Waals surface area contributed by atoms with Gasteiger partial charge in [-0.05, 0) is 41.0 Å². The summed E-state index contributed by atoms with van der Waals surface area (Å²) in [7, 11) is 1.29. The summed E-state index contributed by atoms with van der Waals surface area (Å²) in [6, 6.07) is 34.0. The highest BCUT2D eigenvalue weighted by Crippen LogP contribution is 2.40. The molecule has 0 aliphatic rings. The van der Waals surface area contributed by atoms with Crippen molar-refractivity contribution in [2.24, 2.45) is 0 Å². The quantitative estimate of drug-likeness (QED) is 0.250. The van der Waals surface area contributed by atoms with Gasteiger partial charge in [-0.2, -0.15) is 0 Å². The standard InChI is InChI=1S/C30H27ClN2O4/c1-36-28(34)30(24-17-19-25(31)20-18-24,33-29(35)37-21-22-11-5-2-6-12-22)27(23-13-7-3-8-14-23)32-26-15-9-4-10-16-26/h2-20,27,32H,21H2,1H3,(H,33,35). The zero-order valence-corrected chi connectivity index (χ0v) is 21.0. The molecule has 0 aliphatic heterocycles. The molecule has 2 N–H and O–H groups in total. The lowest BCUT2D eigenvalue weighted by molar-refractivity contribution is -0.150. The first-order valence-corrected chi connectivity index (χ1v) is 12.1. The smallest absolute Gasteiger partial charge is 0.408 e. The fourth-order valence-electron chi connectivity index (χ4n) is 4.18. The number of halogens is 1. The number of hydrogen-bond acceptors (Lipinski definition) is 5. The number of nitrogens with one attached hydrogen (secondary N) is 2. The Bertz CT molecular complexity index is 1300. The zero-order valence-electron chi connectivity index (χ0n) is 20.3. The lowest BCUT2D eigenvalue weighted by Gasteiger charge is -2.40. The van der Waals surface area contributed by atoms with Crippen molar-refractivity contribution in [1.29, 1.82) is 0 Å². The molecule has 0 heterocycles. The molecule has 37 heavy (non-hydrogen) atoms. The number of rotatable bonds is 9. The maximum Gasteiger partial charge on any atom is 0.408 e. The molecule has 0 saturated carbocycles. The van der Waals surface area contributed by atoms with Crippen molar-refractivity contribution >= 4 is 29.4 Å². The number of carbonyl (C=O) groups is 2. The van der Waals surface area contributed by atoms with Gasteiger partial charge in [-0.15, -0.1) is 0 Å². The molecule has 0 saturated heterocycles. The van der Waals surface area contributed by atoms with E-state index in [2.05, 4.69) is 10.6 Å². The maximum atomic E-state index is 13.8. The molecule has 1 amide bonds. The van der Waals surface area contributed by atoms with Crippen LogP contribution in [0.1, 0.15) is 22.7 Å². The molecular weight excluding hydrogens is 488 g/mol. The predicted octanol–water partition coefficient (Wildman–Crippen LogP) is 6.49. The highest BCUT2D eigenvalue weighted by atomic mass is 35.5. The molecule has 188 valence electrons. The van der Waals surface area contributed by atoms with E-state index in [1.54, 1.807) is 24.3 Å². The van der Waals surface area contributed by atoms with Crippen molar-refractivity contribution in [3.8, 4) is 0 Å². The first-order chi connectivity index (χ1) is 18.0. The molecule has 7 heteroatoms. The maximum absolute atomic E-state index is 13.8. The number of carbonyl (C=O) groups excluding carboxylic acids is 2. The average molecular weight is 515 g/mol. The lowest BCUT2D eigenvalue weighted by atomic mass is 9.78. The third-order valence-corrected chi connectivity index (χ3v) is 6.22. The van der Waals surface area contributed by atoms with Crippen LogP contribution in [-0.2, 0) is 26.4 Å². The molecule has 4 rings (SSSR count). The molecule has 2 unspecified atom stereocenters. The average Bonchev–Trinajstić information content (AvgIpc) is 2.95. The van der Waals surface area contributed by atoms with Crippen LogP contribution < -0.4 is 10.6 Å². The van der Waals surface area contributed by atoms with Gasteiger partial charge in [0.15, 0.2) is 5.54 Å². The fraction of sp³-hybridized carbons (Fsp3) is 0.133. The van der Waals surface area contributed by atoms with Crippen molar-refractivity contribution in [3.63, 3.8) is 0 Å². The topological polar surface area (TPSA) is 76.7 Å². The molecule has 4 aromatic rings. The molecule has 2 atom stereocenters. The summed E-state index contributed by atoms with van der Waals surface area (Å²) in [5, 5.41) is 6.79. The lowest BCUT2D eigenvalue weighted by Crippen LogP contribution is -2.58. The van der Waals surface area contributed by atoms with Gasteiger partial charge in [0.25, 0.3) is 0 Å². The van der Waals surface area contributed by atoms with Gasteiger partial charge in [-0.3, -0.25) is 5.32 Å². The summed E-state index contributed by atoms with van der Waals surface area (Å²) in [5.41, 5.74) is 1.06. The number of benzene rings is 4. The molecule has 0 spiro atoms. The Hall–Kier alpha value is -4.29.